The Balaban J connectivity index is 1.50. The number of fused-ring (bicyclic) bond motifs is 1. The minimum atomic E-state index is -0.451. The number of hydrazine groups is 1. The molecule has 0 aromatic heterocycles. The molecule has 0 atom stereocenters. The summed E-state index contributed by atoms with van der Waals surface area (Å²) in [7, 11) is 0. The van der Waals surface area contributed by atoms with Gasteiger partial charge >= 0.3 is 0 Å². The van der Waals surface area contributed by atoms with Crippen LogP contribution in [0.4, 0.5) is 0 Å². The van der Waals surface area contributed by atoms with Crippen LogP contribution in [0.15, 0.2) is 42.5 Å². The second-order valence-corrected chi connectivity index (χ2v) is 6.36. The molecule has 3 rings (SSSR count). The molecule has 1 aliphatic carbocycles. The van der Waals surface area contributed by atoms with Crippen LogP contribution in [0.5, 0.6) is 11.5 Å². The summed E-state index contributed by atoms with van der Waals surface area (Å²) in [6.07, 6.45) is 4.40. The maximum absolute atomic E-state index is 12.3. The van der Waals surface area contributed by atoms with Gasteiger partial charge in [0.25, 0.3) is 11.8 Å². The topological polar surface area (TPSA) is 76.7 Å². The molecule has 0 spiro atoms. The molecule has 1 aliphatic rings. The van der Waals surface area contributed by atoms with Gasteiger partial charge in [-0.2, -0.15) is 0 Å². The average Bonchev–Trinajstić information content (AvgIpc) is 2.71. The molecule has 6 nitrogen and oxygen atoms in total. The summed E-state index contributed by atoms with van der Waals surface area (Å²) in [4.78, 5) is 24.2. The maximum Gasteiger partial charge on any atom is 0.276 e. The third-order valence-electron chi connectivity index (χ3n) is 4.43. The number of benzene rings is 2. The minimum absolute atomic E-state index is 0.228. The van der Waals surface area contributed by atoms with Crippen LogP contribution in [0.2, 0.25) is 0 Å². The first-order chi connectivity index (χ1) is 13.2. The van der Waals surface area contributed by atoms with Gasteiger partial charge in [0.05, 0.1) is 6.61 Å². The van der Waals surface area contributed by atoms with E-state index in [0.29, 0.717) is 23.7 Å². The lowest BCUT2D eigenvalue weighted by Crippen LogP contribution is -2.43. The van der Waals surface area contributed by atoms with E-state index in [-0.39, 0.29) is 12.5 Å². The number of aryl methyl sites for hydroxylation is 2. The van der Waals surface area contributed by atoms with Crippen molar-refractivity contribution in [2.45, 2.75) is 32.6 Å². The van der Waals surface area contributed by atoms with Crippen molar-refractivity contribution >= 4 is 11.8 Å². The molecular weight excluding hydrogens is 344 g/mol. The van der Waals surface area contributed by atoms with E-state index in [1.807, 2.05) is 25.1 Å². The van der Waals surface area contributed by atoms with Crippen LogP contribution in [0.1, 0.15) is 41.3 Å². The zero-order valence-electron chi connectivity index (χ0n) is 15.4. The molecule has 2 aromatic rings. The number of hydrogen-bond donors (Lipinski definition) is 2. The third kappa shape index (κ3) is 5.00. The molecule has 27 heavy (non-hydrogen) atoms. The molecule has 0 saturated heterocycles. The summed E-state index contributed by atoms with van der Waals surface area (Å²) in [6.45, 7) is 2.15. The van der Waals surface area contributed by atoms with E-state index in [0.717, 1.165) is 19.3 Å². The van der Waals surface area contributed by atoms with Gasteiger partial charge in [-0.25, -0.2) is 0 Å². The molecule has 2 aromatic carbocycles. The van der Waals surface area contributed by atoms with Gasteiger partial charge in [-0.15, -0.1) is 0 Å². The second kappa shape index (κ2) is 9.07. The van der Waals surface area contributed by atoms with Crippen LogP contribution >= 0.6 is 0 Å². The van der Waals surface area contributed by atoms with Crippen molar-refractivity contribution in [2.24, 2.45) is 0 Å². The molecule has 0 bridgehead atoms. The van der Waals surface area contributed by atoms with Crippen LogP contribution in [0.3, 0.4) is 0 Å². The van der Waals surface area contributed by atoms with Crippen LogP contribution < -0.4 is 20.3 Å². The highest BCUT2D eigenvalue weighted by Crippen LogP contribution is 2.26. The van der Waals surface area contributed by atoms with Gasteiger partial charge in [-0.05, 0) is 68.0 Å². The largest absolute Gasteiger partial charge is 0.490 e. The Hall–Kier alpha value is -3.02. The molecule has 0 heterocycles. The first-order valence-corrected chi connectivity index (χ1v) is 9.23. The van der Waals surface area contributed by atoms with E-state index in [4.69, 9.17) is 9.47 Å². The minimum Gasteiger partial charge on any atom is -0.490 e. The second-order valence-electron chi connectivity index (χ2n) is 6.36. The Labute approximate surface area is 158 Å². The first-order valence-electron chi connectivity index (χ1n) is 9.23. The van der Waals surface area contributed by atoms with Crippen LogP contribution in [0, 0.1) is 0 Å². The number of nitrogens with one attached hydrogen (secondary N) is 2. The third-order valence-corrected chi connectivity index (χ3v) is 4.43. The van der Waals surface area contributed by atoms with Gasteiger partial charge in [0.1, 0.15) is 0 Å². The quantitative estimate of drug-likeness (QED) is 0.769. The number of hydrogen-bond acceptors (Lipinski definition) is 4. The molecule has 0 aliphatic heterocycles. The number of ether oxygens (including phenoxy) is 2. The predicted octanol–water partition coefficient (Wildman–Crippen LogP) is 2.80. The summed E-state index contributed by atoms with van der Waals surface area (Å²) < 4.78 is 10.9. The lowest BCUT2D eigenvalue weighted by Gasteiger charge is -2.16. The summed E-state index contributed by atoms with van der Waals surface area (Å²) in [6, 6.07) is 12.8. The lowest BCUT2D eigenvalue weighted by atomic mass is 9.90. The number of carbonyl (C=O) groups excluding carboxylic acids is 2. The van der Waals surface area contributed by atoms with Crippen molar-refractivity contribution in [2.75, 3.05) is 13.2 Å². The van der Waals surface area contributed by atoms with Crippen molar-refractivity contribution < 1.29 is 19.1 Å². The molecule has 2 amide bonds. The molecule has 0 fully saturated rings. The average molecular weight is 368 g/mol. The predicted molar refractivity (Wildman–Crippen MR) is 102 cm³/mol. The molecule has 6 heteroatoms. The summed E-state index contributed by atoms with van der Waals surface area (Å²) in [5.74, 6) is 0.264. The van der Waals surface area contributed by atoms with Gasteiger partial charge in [0, 0.05) is 5.56 Å². The molecule has 142 valence electrons. The molecule has 0 saturated carbocycles. The Kier molecular flexibility index (Phi) is 6.30. The molecule has 2 N–H and O–H groups in total. The van der Waals surface area contributed by atoms with E-state index in [2.05, 4.69) is 10.9 Å². The SMILES string of the molecule is CCOc1ccccc1OCC(=O)NNC(=O)c1ccc2c(c1)CCCC2. The monoisotopic (exact) mass is 368 g/mol. The summed E-state index contributed by atoms with van der Waals surface area (Å²) in [5, 5.41) is 0. The van der Waals surface area contributed by atoms with E-state index >= 15 is 0 Å². The van der Waals surface area contributed by atoms with E-state index in [9.17, 15) is 9.59 Å². The fourth-order valence-corrected chi connectivity index (χ4v) is 3.10. The van der Waals surface area contributed by atoms with E-state index < -0.39 is 5.91 Å². The Morgan fingerprint density at radius 3 is 2.37 bits per heavy atom. The zero-order valence-corrected chi connectivity index (χ0v) is 15.4. The van der Waals surface area contributed by atoms with Gasteiger partial charge in [-0.3, -0.25) is 20.4 Å². The van der Waals surface area contributed by atoms with Crippen molar-refractivity contribution in [1.29, 1.82) is 0 Å². The van der Waals surface area contributed by atoms with Crippen molar-refractivity contribution in [3.05, 3.63) is 59.2 Å². The van der Waals surface area contributed by atoms with Crippen LogP contribution in [-0.4, -0.2) is 25.0 Å². The maximum atomic E-state index is 12.3. The summed E-state index contributed by atoms with van der Waals surface area (Å²) in [5.41, 5.74) is 7.88. The Bertz CT molecular complexity index is 820. The zero-order chi connectivity index (χ0) is 19.1. The molecule has 0 unspecified atom stereocenters. The highest BCUT2D eigenvalue weighted by atomic mass is 16.5. The van der Waals surface area contributed by atoms with Gasteiger partial charge in [0.15, 0.2) is 18.1 Å². The van der Waals surface area contributed by atoms with E-state index in [1.54, 1.807) is 24.3 Å². The highest BCUT2D eigenvalue weighted by molar-refractivity contribution is 5.95. The van der Waals surface area contributed by atoms with Crippen molar-refractivity contribution in [3.63, 3.8) is 0 Å². The van der Waals surface area contributed by atoms with Crippen molar-refractivity contribution in [1.82, 2.24) is 10.9 Å². The molecular formula is C21H24N2O4. The van der Waals surface area contributed by atoms with Gasteiger partial charge in [0.2, 0.25) is 0 Å². The fourth-order valence-electron chi connectivity index (χ4n) is 3.10. The van der Waals surface area contributed by atoms with Gasteiger partial charge < -0.3 is 9.47 Å². The normalized spacial score (nSPS) is 12.6. The van der Waals surface area contributed by atoms with Crippen molar-refractivity contribution in [3.8, 4) is 11.5 Å². The smallest absolute Gasteiger partial charge is 0.276 e. The first kappa shape index (κ1) is 18.8. The Morgan fingerprint density at radius 2 is 1.63 bits per heavy atom. The van der Waals surface area contributed by atoms with Gasteiger partial charge in [-0.1, -0.05) is 18.2 Å². The molecule has 0 radical (unpaired) electrons. The summed E-state index contributed by atoms with van der Waals surface area (Å²) >= 11 is 0. The number of para-hydroxylation sites is 2. The Morgan fingerprint density at radius 1 is 0.926 bits per heavy atom. The van der Waals surface area contributed by atoms with E-state index in [1.165, 1.54) is 17.5 Å². The fraction of sp³-hybridized carbons (Fsp3) is 0.333. The van der Waals surface area contributed by atoms with Crippen LogP contribution in [-0.2, 0) is 17.6 Å². The highest BCUT2D eigenvalue weighted by Gasteiger charge is 2.14. The standard InChI is InChI=1S/C21H24N2O4/c1-2-26-18-9-5-6-10-19(18)27-14-20(24)22-23-21(25)17-12-11-15-7-3-4-8-16(15)13-17/h5-6,9-13H,2-4,7-8,14H2,1H3,(H,22,24)(H,23,25). The number of carbonyl (C=O) groups is 2. The van der Waals surface area contributed by atoms with Crippen LogP contribution in [0.25, 0.3) is 0 Å². The number of rotatable bonds is 6. The number of amides is 2. The lowest BCUT2D eigenvalue weighted by molar-refractivity contribution is -0.123.